The van der Waals surface area contributed by atoms with Crippen LogP contribution in [0.4, 0.5) is 14.5 Å². The third-order valence-electron chi connectivity index (χ3n) is 3.54. The van der Waals surface area contributed by atoms with Crippen molar-refractivity contribution in [2.24, 2.45) is 5.84 Å². The molecule has 1 fully saturated rings. The topological polar surface area (TPSA) is 58.8 Å². The average molecular weight is 346 g/mol. The Balaban J connectivity index is 2.41. The summed E-state index contributed by atoms with van der Waals surface area (Å²) in [6.45, 7) is 2.77. The number of piperazine rings is 1. The number of ether oxygens (including phenoxy) is 1. The largest absolute Gasteiger partial charge is 0.433 e. The number of amides is 1. The molecule has 0 saturated carbocycles. The number of carbonyl (C=O) groups excluding carboxylic acids is 1. The van der Waals surface area contributed by atoms with E-state index in [0.717, 1.165) is 5.57 Å². The van der Waals surface area contributed by atoms with Gasteiger partial charge in [-0.2, -0.15) is 8.78 Å². The second-order valence-electron chi connectivity index (χ2n) is 5.51. The Bertz CT molecular complexity index is 648. The lowest BCUT2D eigenvalue weighted by Gasteiger charge is -2.40. The predicted octanol–water partition coefficient (Wildman–Crippen LogP) is 3.15. The molecule has 2 rings (SSSR count). The highest BCUT2D eigenvalue weighted by Gasteiger charge is 2.34. The Kier molecular flexibility index (Phi) is 5.11. The summed E-state index contributed by atoms with van der Waals surface area (Å²) in [7, 11) is 0. The molecule has 2 N–H and O–H groups in total. The van der Waals surface area contributed by atoms with Crippen molar-refractivity contribution >= 4 is 23.2 Å². The average Bonchev–Trinajstić information content (AvgIpc) is 2.45. The van der Waals surface area contributed by atoms with Gasteiger partial charge in [-0.25, -0.2) is 5.84 Å². The third kappa shape index (κ3) is 3.56. The van der Waals surface area contributed by atoms with Crippen LogP contribution in [0.25, 0.3) is 0 Å². The summed E-state index contributed by atoms with van der Waals surface area (Å²) in [5.41, 5.74) is 1.58. The highest BCUT2D eigenvalue weighted by molar-refractivity contribution is 6.32. The summed E-state index contributed by atoms with van der Waals surface area (Å²) >= 11 is 5.85. The van der Waals surface area contributed by atoms with Gasteiger partial charge in [0.1, 0.15) is 11.4 Å². The zero-order chi connectivity index (χ0) is 17.3. The number of hydrogen-bond donors (Lipinski definition) is 1. The number of nitrogens with zero attached hydrogens (tertiary/aromatic N) is 2. The van der Waals surface area contributed by atoms with Gasteiger partial charge < -0.3 is 14.6 Å². The zero-order valence-electron chi connectivity index (χ0n) is 13.0. The van der Waals surface area contributed by atoms with E-state index >= 15 is 0 Å². The molecule has 1 unspecified atom stereocenters. The molecule has 0 aromatic heterocycles. The van der Waals surface area contributed by atoms with Crippen LogP contribution in [-0.4, -0.2) is 30.1 Å². The number of nitrogens with two attached hydrogens (primary N) is 1. The number of hydrogen-bond acceptors (Lipinski definition) is 4. The summed E-state index contributed by atoms with van der Waals surface area (Å²) in [6.07, 6.45) is 0. The van der Waals surface area contributed by atoms with Crippen LogP contribution in [0.2, 0.25) is 5.02 Å². The van der Waals surface area contributed by atoms with Crippen molar-refractivity contribution in [2.45, 2.75) is 33.4 Å². The van der Waals surface area contributed by atoms with E-state index in [0.29, 0.717) is 17.9 Å². The van der Waals surface area contributed by atoms with Crippen LogP contribution < -0.4 is 15.5 Å². The predicted molar refractivity (Wildman–Crippen MR) is 84.3 cm³/mol. The van der Waals surface area contributed by atoms with Crippen molar-refractivity contribution in [3.63, 3.8) is 0 Å². The van der Waals surface area contributed by atoms with Crippen molar-refractivity contribution in [2.75, 3.05) is 11.4 Å². The normalized spacial score (nSPS) is 18.7. The molecule has 5 nitrogen and oxygen atoms in total. The molecule has 23 heavy (non-hydrogen) atoms. The zero-order valence-corrected chi connectivity index (χ0v) is 13.8. The molecule has 1 amide bonds. The lowest BCUT2D eigenvalue weighted by atomic mass is 10.1. The number of anilines is 1. The molecule has 1 saturated heterocycles. The molecular formula is C15H18ClF2N3O2. The number of carbonyl (C=O) groups is 1. The van der Waals surface area contributed by atoms with Gasteiger partial charge >= 0.3 is 6.61 Å². The van der Waals surface area contributed by atoms with Crippen LogP contribution in [0, 0.1) is 0 Å². The molecule has 8 heteroatoms. The molecule has 1 aromatic rings. The Hall–Kier alpha value is -1.86. The van der Waals surface area contributed by atoms with E-state index in [1.54, 1.807) is 19.9 Å². The second kappa shape index (κ2) is 6.72. The van der Waals surface area contributed by atoms with E-state index in [4.69, 9.17) is 17.4 Å². The fraction of sp³-hybridized carbons (Fsp3) is 0.400. The fourth-order valence-corrected chi connectivity index (χ4v) is 2.60. The van der Waals surface area contributed by atoms with Gasteiger partial charge in [0.2, 0.25) is 0 Å². The maximum Gasteiger partial charge on any atom is 0.387 e. The van der Waals surface area contributed by atoms with E-state index in [-0.39, 0.29) is 22.7 Å². The first-order valence-corrected chi connectivity index (χ1v) is 7.37. The first-order valence-electron chi connectivity index (χ1n) is 7.00. The molecule has 0 aliphatic carbocycles. The number of benzene rings is 1. The molecule has 126 valence electrons. The molecule has 1 aliphatic rings. The van der Waals surface area contributed by atoms with Crippen LogP contribution in [0.5, 0.6) is 5.75 Å². The fourth-order valence-electron chi connectivity index (χ4n) is 2.43. The number of halogens is 3. The van der Waals surface area contributed by atoms with Crippen LogP contribution in [-0.2, 0) is 4.79 Å². The number of rotatable bonds is 3. The molecule has 1 aromatic carbocycles. The van der Waals surface area contributed by atoms with E-state index < -0.39 is 6.61 Å². The highest BCUT2D eigenvalue weighted by atomic mass is 35.5. The smallest absolute Gasteiger partial charge is 0.387 e. The Morgan fingerprint density at radius 3 is 2.65 bits per heavy atom. The minimum atomic E-state index is -2.99. The molecule has 1 heterocycles. The highest BCUT2D eigenvalue weighted by Crippen LogP contribution is 2.33. The number of allylic oxidation sites excluding steroid dienone is 1. The molecule has 1 atom stereocenters. The molecule has 0 radical (unpaired) electrons. The van der Waals surface area contributed by atoms with Crippen LogP contribution in [0.1, 0.15) is 20.8 Å². The maximum absolute atomic E-state index is 12.7. The maximum atomic E-state index is 12.7. The summed E-state index contributed by atoms with van der Waals surface area (Å²) in [4.78, 5) is 14.1. The Morgan fingerprint density at radius 2 is 2.09 bits per heavy atom. The molecule has 0 bridgehead atoms. The molecular weight excluding hydrogens is 328 g/mol. The summed E-state index contributed by atoms with van der Waals surface area (Å²) in [5.74, 6) is 5.49. The minimum absolute atomic E-state index is 0.0504. The van der Waals surface area contributed by atoms with Gasteiger partial charge in [-0.3, -0.25) is 4.79 Å². The third-order valence-corrected chi connectivity index (χ3v) is 3.86. The first kappa shape index (κ1) is 17.5. The second-order valence-corrected chi connectivity index (χ2v) is 5.92. The van der Waals surface area contributed by atoms with Gasteiger partial charge in [-0.1, -0.05) is 11.6 Å². The monoisotopic (exact) mass is 345 g/mol. The standard InChI is InChI=1S/C15H18ClF2N3O2/c1-8(2)13-14(22)20(7-9(3)21(13)19)10-4-5-11(16)12(6-10)23-15(17)18/h4-6,9,15H,7,19H2,1-3H3. The lowest BCUT2D eigenvalue weighted by molar-refractivity contribution is -0.118. The van der Waals surface area contributed by atoms with Crippen molar-refractivity contribution in [1.29, 1.82) is 0 Å². The van der Waals surface area contributed by atoms with Gasteiger partial charge in [0.15, 0.2) is 0 Å². The van der Waals surface area contributed by atoms with Gasteiger partial charge in [0.25, 0.3) is 5.91 Å². The Morgan fingerprint density at radius 1 is 1.43 bits per heavy atom. The minimum Gasteiger partial charge on any atom is -0.433 e. The van der Waals surface area contributed by atoms with Crippen LogP contribution in [0.3, 0.4) is 0 Å². The quantitative estimate of drug-likeness (QED) is 0.675. The molecule has 1 aliphatic heterocycles. The summed E-state index contributed by atoms with van der Waals surface area (Å²) in [6, 6.07) is 4.20. The number of hydrazine groups is 1. The van der Waals surface area contributed by atoms with E-state index in [9.17, 15) is 13.6 Å². The van der Waals surface area contributed by atoms with Gasteiger partial charge in [0.05, 0.1) is 11.1 Å². The van der Waals surface area contributed by atoms with Crippen molar-refractivity contribution < 1.29 is 18.3 Å². The van der Waals surface area contributed by atoms with Gasteiger partial charge in [-0.05, 0) is 38.5 Å². The SMILES string of the molecule is CC(C)=C1C(=O)N(c2ccc(Cl)c(OC(F)F)c2)CC(C)N1N. The van der Waals surface area contributed by atoms with Crippen LogP contribution in [0.15, 0.2) is 29.5 Å². The van der Waals surface area contributed by atoms with Gasteiger partial charge in [-0.15, -0.1) is 0 Å². The number of alkyl halides is 2. The lowest BCUT2D eigenvalue weighted by Crippen LogP contribution is -2.56. The van der Waals surface area contributed by atoms with Gasteiger partial charge in [0, 0.05) is 18.3 Å². The van der Waals surface area contributed by atoms with Crippen molar-refractivity contribution in [3.8, 4) is 5.75 Å². The van der Waals surface area contributed by atoms with Crippen LogP contribution >= 0.6 is 11.6 Å². The summed E-state index contributed by atoms with van der Waals surface area (Å²) in [5, 5.41) is 1.48. The van der Waals surface area contributed by atoms with Crippen molar-refractivity contribution in [1.82, 2.24) is 5.01 Å². The Labute approximate surface area is 138 Å². The molecule has 0 spiro atoms. The van der Waals surface area contributed by atoms with E-state index in [1.807, 2.05) is 6.92 Å². The van der Waals surface area contributed by atoms with E-state index in [1.165, 1.54) is 22.0 Å². The van der Waals surface area contributed by atoms with E-state index in [2.05, 4.69) is 4.74 Å². The van der Waals surface area contributed by atoms with Crippen molar-refractivity contribution in [3.05, 3.63) is 34.5 Å². The first-order chi connectivity index (χ1) is 10.7. The summed E-state index contributed by atoms with van der Waals surface area (Å²) < 4.78 is 29.3.